The number of aromatic nitrogens is 2. The van der Waals surface area contributed by atoms with Crippen LogP contribution in [0.2, 0.25) is 0 Å². The summed E-state index contributed by atoms with van der Waals surface area (Å²) in [6.45, 7) is 6.44. The minimum absolute atomic E-state index is 0.0410. The fourth-order valence-corrected chi connectivity index (χ4v) is 6.52. The molecule has 1 amide bonds. The first-order valence-electron chi connectivity index (χ1n) is 12.6. The van der Waals surface area contributed by atoms with Crippen LogP contribution in [-0.4, -0.2) is 22.7 Å². The molecule has 1 unspecified atom stereocenters. The van der Waals surface area contributed by atoms with Gasteiger partial charge in [0.15, 0.2) is 9.77 Å². The van der Waals surface area contributed by atoms with Gasteiger partial charge in [-0.2, -0.15) is 0 Å². The Hall–Kier alpha value is -3.95. The van der Waals surface area contributed by atoms with Crippen LogP contribution in [0.25, 0.3) is 11.0 Å². The van der Waals surface area contributed by atoms with Gasteiger partial charge in [-0.15, -0.1) is 10.2 Å². The van der Waals surface area contributed by atoms with E-state index in [1.807, 2.05) is 44.2 Å². The number of carbonyl (C=O) groups is 1. The van der Waals surface area contributed by atoms with E-state index in [2.05, 4.69) is 41.4 Å². The molecule has 2 aromatic heterocycles. The van der Waals surface area contributed by atoms with E-state index in [0.717, 1.165) is 21.2 Å². The molecule has 6 rings (SSSR count). The Morgan fingerprint density at radius 3 is 2.46 bits per heavy atom. The van der Waals surface area contributed by atoms with Crippen LogP contribution in [0.3, 0.4) is 0 Å². The first-order chi connectivity index (χ1) is 18.9. The van der Waals surface area contributed by atoms with Gasteiger partial charge in [-0.05, 0) is 56.2 Å². The third-order valence-corrected chi connectivity index (χ3v) is 8.74. The second-order valence-corrected chi connectivity index (χ2v) is 11.6. The molecule has 0 saturated carbocycles. The lowest BCUT2D eigenvalue weighted by Gasteiger charge is -2.22. The van der Waals surface area contributed by atoms with Crippen molar-refractivity contribution in [3.05, 3.63) is 111 Å². The highest BCUT2D eigenvalue weighted by atomic mass is 32.2. The SMILES string of the molecule is CCOc1ccc(C2c3c(oc4ccc(C)cc4c3=O)C(=O)N2c2nnc(SCc3ccc(C)cc3)s2)cc1. The van der Waals surface area contributed by atoms with Crippen molar-refractivity contribution in [1.82, 2.24) is 10.2 Å². The van der Waals surface area contributed by atoms with E-state index in [-0.39, 0.29) is 11.2 Å². The number of carbonyl (C=O) groups excluding carboxylic acids is 1. The molecule has 0 spiro atoms. The van der Waals surface area contributed by atoms with Crippen LogP contribution in [0.1, 0.15) is 51.3 Å². The summed E-state index contributed by atoms with van der Waals surface area (Å²) in [7, 11) is 0. The zero-order chi connectivity index (χ0) is 27.1. The predicted octanol–water partition coefficient (Wildman–Crippen LogP) is 6.70. The number of fused-ring (bicyclic) bond motifs is 2. The van der Waals surface area contributed by atoms with Crippen LogP contribution >= 0.6 is 23.1 Å². The Labute approximate surface area is 233 Å². The van der Waals surface area contributed by atoms with Gasteiger partial charge in [0.2, 0.25) is 10.9 Å². The highest BCUT2D eigenvalue weighted by molar-refractivity contribution is 8.00. The minimum atomic E-state index is -0.702. The number of ether oxygens (including phenoxy) is 1. The molecule has 0 fully saturated rings. The van der Waals surface area contributed by atoms with Crippen molar-refractivity contribution in [2.45, 2.75) is 36.9 Å². The van der Waals surface area contributed by atoms with Gasteiger partial charge >= 0.3 is 0 Å². The summed E-state index contributed by atoms with van der Waals surface area (Å²) in [4.78, 5) is 29.2. The lowest BCUT2D eigenvalue weighted by Crippen LogP contribution is -2.29. The number of hydrogen-bond acceptors (Lipinski definition) is 8. The van der Waals surface area contributed by atoms with Crippen molar-refractivity contribution in [2.75, 3.05) is 11.5 Å². The summed E-state index contributed by atoms with van der Waals surface area (Å²) in [5.41, 5.74) is 4.56. The molecule has 7 nitrogen and oxygen atoms in total. The lowest BCUT2D eigenvalue weighted by molar-refractivity contribution is 0.0970. The van der Waals surface area contributed by atoms with Crippen LogP contribution in [0.15, 0.2) is 80.3 Å². The summed E-state index contributed by atoms with van der Waals surface area (Å²) in [6.07, 6.45) is 0. The van der Waals surface area contributed by atoms with E-state index in [1.165, 1.54) is 27.4 Å². The zero-order valence-electron chi connectivity index (χ0n) is 21.6. The predicted molar refractivity (Wildman–Crippen MR) is 154 cm³/mol. The molecule has 0 N–H and O–H groups in total. The Balaban J connectivity index is 1.42. The maximum absolute atomic E-state index is 13.8. The first kappa shape index (κ1) is 25.3. The van der Waals surface area contributed by atoms with Crippen LogP contribution in [0.4, 0.5) is 5.13 Å². The number of rotatable bonds is 7. The number of nitrogens with zero attached hydrogens (tertiary/aromatic N) is 3. The molecule has 0 bridgehead atoms. The van der Waals surface area contributed by atoms with E-state index in [0.29, 0.717) is 34.0 Å². The Bertz CT molecular complexity index is 1740. The molecule has 39 heavy (non-hydrogen) atoms. The van der Waals surface area contributed by atoms with Gasteiger partial charge in [-0.1, -0.05) is 76.7 Å². The van der Waals surface area contributed by atoms with Gasteiger partial charge in [0, 0.05) is 5.75 Å². The van der Waals surface area contributed by atoms with E-state index in [9.17, 15) is 9.59 Å². The molecule has 1 atom stereocenters. The third kappa shape index (κ3) is 4.72. The van der Waals surface area contributed by atoms with Crippen molar-refractivity contribution < 1.29 is 13.9 Å². The lowest BCUT2D eigenvalue weighted by atomic mass is 9.98. The van der Waals surface area contributed by atoms with Crippen molar-refractivity contribution in [2.24, 2.45) is 0 Å². The van der Waals surface area contributed by atoms with Gasteiger partial charge in [0.05, 0.1) is 23.6 Å². The molecule has 0 saturated heterocycles. The van der Waals surface area contributed by atoms with Crippen LogP contribution in [0.5, 0.6) is 5.75 Å². The second-order valence-electron chi connectivity index (χ2n) is 9.38. The number of hydrogen-bond donors (Lipinski definition) is 0. The van der Waals surface area contributed by atoms with E-state index in [1.54, 1.807) is 23.9 Å². The van der Waals surface area contributed by atoms with Crippen molar-refractivity contribution in [3.63, 3.8) is 0 Å². The fourth-order valence-electron chi connectivity index (χ4n) is 4.70. The summed E-state index contributed by atoms with van der Waals surface area (Å²) in [5, 5.41) is 9.60. The van der Waals surface area contributed by atoms with E-state index in [4.69, 9.17) is 9.15 Å². The molecule has 1 aliphatic rings. The van der Waals surface area contributed by atoms with Gasteiger partial charge in [-0.25, -0.2) is 0 Å². The third-order valence-electron chi connectivity index (χ3n) is 6.62. The van der Waals surface area contributed by atoms with Crippen molar-refractivity contribution >= 4 is 45.1 Å². The second kappa shape index (κ2) is 10.3. The van der Waals surface area contributed by atoms with Gasteiger partial charge in [-0.3, -0.25) is 14.5 Å². The van der Waals surface area contributed by atoms with Gasteiger partial charge in [0.1, 0.15) is 11.3 Å². The van der Waals surface area contributed by atoms with Crippen molar-refractivity contribution in [3.8, 4) is 5.75 Å². The van der Waals surface area contributed by atoms with Crippen LogP contribution < -0.4 is 15.1 Å². The van der Waals surface area contributed by atoms with Gasteiger partial charge < -0.3 is 9.15 Å². The average Bonchev–Trinajstić information content (AvgIpc) is 3.52. The quantitative estimate of drug-likeness (QED) is 0.163. The molecule has 3 heterocycles. The van der Waals surface area contributed by atoms with Crippen LogP contribution in [-0.2, 0) is 5.75 Å². The normalized spacial score (nSPS) is 14.7. The maximum atomic E-state index is 13.8. The molecule has 1 aliphatic heterocycles. The summed E-state index contributed by atoms with van der Waals surface area (Å²) < 4.78 is 12.4. The fraction of sp³-hybridized carbons (Fsp3) is 0.200. The monoisotopic (exact) mass is 555 g/mol. The standard InChI is InChI=1S/C30H25N3O4S2/c1-4-36-21-12-10-20(11-13-21)25-24-26(34)22-15-18(3)7-14-23(22)37-27(24)28(35)33(25)29-31-32-30(39-29)38-16-19-8-5-17(2)6-9-19/h5-15,25H,4,16H2,1-3H3. The zero-order valence-corrected chi connectivity index (χ0v) is 23.3. The molecular weight excluding hydrogens is 530 g/mol. The first-order valence-corrected chi connectivity index (χ1v) is 14.4. The number of thioether (sulfide) groups is 1. The molecule has 9 heteroatoms. The Morgan fingerprint density at radius 1 is 0.974 bits per heavy atom. The van der Waals surface area contributed by atoms with Crippen molar-refractivity contribution in [1.29, 1.82) is 0 Å². The molecule has 196 valence electrons. The van der Waals surface area contributed by atoms with Crippen LogP contribution in [0, 0.1) is 13.8 Å². The number of benzene rings is 3. The molecule has 3 aromatic carbocycles. The smallest absolute Gasteiger partial charge is 0.297 e. The highest BCUT2D eigenvalue weighted by Crippen LogP contribution is 2.43. The number of aryl methyl sites for hydroxylation is 2. The number of amides is 1. The van der Waals surface area contributed by atoms with E-state index < -0.39 is 11.9 Å². The topological polar surface area (TPSA) is 85.5 Å². The molecule has 0 aliphatic carbocycles. The molecule has 5 aromatic rings. The Kier molecular flexibility index (Phi) is 6.70. The largest absolute Gasteiger partial charge is 0.494 e. The van der Waals surface area contributed by atoms with Gasteiger partial charge in [0.25, 0.3) is 5.91 Å². The minimum Gasteiger partial charge on any atom is -0.494 e. The summed E-state index contributed by atoms with van der Waals surface area (Å²) >= 11 is 2.89. The maximum Gasteiger partial charge on any atom is 0.297 e. The molecular formula is C30H25N3O4S2. The molecule has 0 radical (unpaired) electrons. The van der Waals surface area contributed by atoms with E-state index >= 15 is 0 Å². The number of anilines is 1. The summed E-state index contributed by atoms with van der Waals surface area (Å²) in [6, 6.07) is 20.5. The highest BCUT2D eigenvalue weighted by Gasteiger charge is 2.45. The Morgan fingerprint density at radius 2 is 1.72 bits per heavy atom. The average molecular weight is 556 g/mol. The summed E-state index contributed by atoms with van der Waals surface area (Å²) in [5.74, 6) is 1.08.